The van der Waals surface area contributed by atoms with Gasteiger partial charge in [0.25, 0.3) is 10.0 Å². The smallest absolute Gasteiger partial charge is 0.264 e. The second kappa shape index (κ2) is 14.8. The summed E-state index contributed by atoms with van der Waals surface area (Å²) in [5.74, 6) is 0.0770. The van der Waals surface area contributed by atoms with Crippen LogP contribution < -0.4 is 19.1 Å². The van der Waals surface area contributed by atoms with Crippen molar-refractivity contribution in [2.75, 3.05) is 25.1 Å². The summed E-state index contributed by atoms with van der Waals surface area (Å²) in [4.78, 5) is 29.4. The molecule has 11 heteroatoms. The van der Waals surface area contributed by atoms with Crippen LogP contribution in [-0.4, -0.2) is 58.0 Å². The van der Waals surface area contributed by atoms with Gasteiger partial charge >= 0.3 is 0 Å². The van der Waals surface area contributed by atoms with Gasteiger partial charge in [-0.25, -0.2) is 8.42 Å². The van der Waals surface area contributed by atoms with Gasteiger partial charge in [0.1, 0.15) is 24.1 Å². The van der Waals surface area contributed by atoms with Gasteiger partial charge in [0.15, 0.2) is 0 Å². The summed E-state index contributed by atoms with van der Waals surface area (Å²) < 4.78 is 40.2. The number of nitrogens with one attached hydrogen (secondary N) is 1. The zero-order valence-corrected chi connectivity index (χ0v) is 27.2. The topological polar surface area (TPSA) is 105 Å². The van der Waals surface area contributed by atoms with E-state index in [2.05, 4.69) is 5.32 Å². The molecule has 4 rings (SSSR count). The van der Waals surface area contributed by atoms with Crippen molar-refractivity contribution in [3.05, 3.63) is 82.9 Å². The second-order valence-corrected chi connectivity index (χ2v) is 13.2. The molecule has 0 bridgehead atoms. The molecular formula is C33H40ClN3O6S. The van der Waals surface area contributed by atoms with Gasteiger partial charge < -0.3 is 19.7 Å². The molecule has 9 nitrogen and oxygen atoms in total. The molecule has 44 heavy (non-hydrogen) atoms. The van der Waals surface area contributed by atoms with E-state index in [-0.39, 0.29) is 39.8 Å². The Labute approximate surface area is 265 Å². The molecule has 236 valence electrons. The Morgan fingerprint density at radius 2 is 1.64 bits per heavy atom. The summed E-state index contributed by atoms with van der Waals surface area (Å²) >= 11 is 6.33. The number of anilines is 1. The molecule has 0 spiro atoms. The first-order valence-corrected chi connectivity index (χ1v) is 16.5. The molecule has 1 saturated carbocycles. The molecule has 0 aromatic heterocycles. The fourth-order valence-electron chi connectivity index (χ4n) is 5.42. The molecule has 3 aromatic rings. The lowest BCUT2D eigenvalue weighted by molar-refractivity contribution is -0.140. The van der Waals surface area contributed by atoms with Crippen LogP contribution in [0.3, 0.4) is 0 Å². The number of carbonyl (C=O) groups excluding carboxylic acids is 2. The first-order valence-electron chi connectivity index (χ1n) is 14.7. The average Bonchev–Trinajstić information content (AvgIpc) is 3.53. The van der Waals surface area contributed by atoms with Gasteiger partial charge in [-0.05, 0) is 74.2 Å². The van der Waals surface area contributed by atoms with Gasteiger partial charge in [0, 0.05) is 17.6 Å². The quantitative estimate of drug-likeness (QED) is 0.256. The molecule has 2 amide bonds. The Balaban J connectivity index is 1.76. The van der Waals surface area contributed by atoms with E-state index in [4.69, 9.17) is 21.1 Å². The molecule has 1 aliphatic carbocycles. The minimum atomic E-state index is -4.27. The van der Waals surface area contributed by atoms with Gasteiger partial charge in [-0.15, -0.1) is 0 Å². The standard InChI is InChI=1S/C33H40ClN3O6S/c1-5-29(33(39)35-26-8-6-7-9-26)36(21-24-12-15-27(42-3)16-13-24)32(38)22-37(30-20-25(34)14-19-31(30)43-4)44(40,41)28-17-10-23(2)11-18-28/h10-20,26,29H,5-9,21-22H2,1-4H3,(H,35,39)/t29-/m0/s1. The van der Waals surface area contributed by atoms with Crippen LogP contribution in [0.1, 0.15) is 50.2 Å². The Bertz CT molecular complexity index is 1540. The van der Waals surface area contributed by atoms with Crippen LogP contribution in [0.5, 0.6) is 11.5 Å². The number of hydrogen-bond donors (Lipinski definition) is 1. The minimum Gasteiger partial charge on any atom is -0.497 e. The van der Waals surface area contributed by atoms with E-state index in [9.17, 15) is 18.0 Å². The number of halogens is 1. The number of methoxy groups -OCH3 is 2. The van der Waals surface area contributed by atoms with Crippen LogP contribution >= 0.6 is 11.6 Å². The van der Waals surface area contributed by atoms with Crippen LogP contribution in [-0.2, 0) is 26.2 Å². The highest BCUT2D eigenvalue weighted by Crippen LogP contribution is 2.35. The highest BCUT2D eigenvalue weighted by Gasteiger charge is 2.35. The molecule has 1 atom stereocenters. The zero-order valence-electron chi connectivity index (χ0n) is 25.6. The maximum absolute atomic E-state index is 14.4. The lowest BCUT2D eigenvalue weighted by atomic mass is 10.1. The van der Waals surface area contributed by atoms with Crippen molar-refractivity contribution in [2.24, 2.45) is 0 Å². The Hall–Kier alpha value is -3.76. The molecule has 0 aliphatic heterocycles. The summed E-state index contributed by atoms with van der Waals surface area (Å²) in [5, 5.41) is 3.39. The predicted molar refractivity (Wildman–Crippen MR) is 172 cm³/mol. The van der Waals surface area contributed by atoms with Crippen molar-refractivity contribution in [1.82, 2.24) is 10.2 Å². The number of aryl methyl sites for hydroxylation is 1. The number of rotatable bonds is 13. The molecule has 1 N–H and O–H groups in total. The highest BCUT2D eigenvalue weighted by molar-refractivity contribution is 7.92. The highest BCUT2D eigenvalue weighted by atomic mass is 35.5. The Morgan fingerprint density at radius 3 is 2.23 bits per heavy atom. The first-order chi connectivity index (χ1) is 21.1. The van der Waals surface area contributed by atoms with Crippen LogP contribution in [0.2, 0.25) is 5.02 Å². The van der Waals surface area contributed by atoms with E-state index < -0.39 is 28.5 Å². The van der Waals surface area contributed by atoms with Gasteiger partial charge in [0.05, 0.1) is 24.8 Å². The fraction of sp³-hybridized carbons (Fsp3) is 0.394. The number of carbonyl (C=O) groups is 2. The number of ether oxygens (including phenoxy) is 2. The molecule has 0 unspecified atom stereocenters. The van der Waals surface area contributed by atoms with E-state index in [1.807, 2.05) is 26.0 Å². The number of benzene rings is 3. The number of sulfonamides is 1. The summed E-state index contributed by atoms with van der Waals surface area (Å²) in [6.45, 7) is 3.20. The monoisotopic (exact) mass is 641 g/mol. The molecule has 0 radical (unpaired) electrons. The third kappa shape index (κ3) is 7.84. The summed E-state index contributed by atoms with van der Waals surface area (Å²) in [6, 6.07) is 17.4. The maximum Gasteiger partial charge on any atom is 0.264 e. The minimum absolute atomic E-state index is 0.00523. The SMILES string of the molecule is CC[C@@H](C(=O)NC1CCCC1)N(Cc1ccc(OC)cc1)C(=O)CN(c1cc(Cl)ccc1OC)S(=O)(=O)c1ccc(C)cc1. The molecular weight excluding hydrogens is 602 g/mol. The van der Waals surface area contributed by atoms with E-state index in [0.717, 1.165) is 41.1 Å². The van der Waals surface area contributed by atoms with Crippen molar-refractivity contribution in [3.8, 4) is 11.5 Å². The Kier molecular flexibility index (Phi) is 11.2. The van der Waals surface area contributed by atoms with Crippen LogP contribution in [0.25, 0.3) is 0 Å². The molecule has 1 fully saturated rings. The fourth-order valence-corrected chi connectivity index (χ4v) is 7.01. The normalized spacial score (nSPS) is 14.1. The van der Waals surface area contributed by atoms with Gasteiger partial charge in [-0.1, -0.05) is 61.2 Å². The van der Waals surface area contributed by atoms with Crippen molar-refractivity contribution < 1.29 is 27.5 Å². The van der Waals surface area contributed by atoms with Gasteiger partial charge in [0.2, 0.25) is 11.8 Å². The summed E-state index contributed by atoms with van der Waals surface area (Å²) in [7, 11) is -1.29. The number of hydrogen-bond acceptors (Lipinski definition) is 6. The zero-order chi connectivity index (χ0) is 31.9. The second-order valence-electron chi connectivity index (χ2n) is 10.9. The third-order valence-corrected chi connectivity index (χ3v) is 9.91. The van der Waals surface area contributed by atoms with E-state index in [1.165, 1.54) is 30.2 Å². The first kappa shape index (κ1) is 33.1. The molecule has 0 heterocycles. The van der Waals surface area contributed by atoms with Crippen molar-refractivity contribution in [1.29, 1.82) is 0 Å². The van der Waals surface area contributed by atoms with Crippen LogP contribution in [0, 0.1) is 6.92 Å². The van der Waals surface area contributed by atoms with Crippen molar-refractivity contribution in [2.45, 2.75) is 69.5 Å². The molecule has 3 aromatic carbocycles. The largest absolute Gasteiger partial charge is 0.497 e. The Morgan fingerprint density at radius 1 is 0.977 bits per heavy atom. The lowest BCUT2D eigenvalue weighted by Gasteiger charge is -2.34. The van der Waals surface area contributed by atoms with Crippen LogP contribution in [0.15, 0.2) is 71.6 Å². The van der Waals surface area contributed by atoms with E-state index in [1.54, 1.807) is 43.5 Å². The number of nitrogens with zero attached hydrogens (tertiary/aromatic N) is 2. The lowest BCUT2D eigenvalue weighted by Crippen LogP contribution is -2.53. The van der Waals surface area contributed by atoms with Crippen LogP contribution in [0.4, 0.5) is 5.69 Å². The third-order valence-electron chi connectivity index (χ3n) is 7.90. The molecule has 0 saturated heterocycles. The predicted octanol–water partition coefficient (Wildman–Crippen LogP) is 5.73. The van der Waals surface area contributed by atoms with Gasteiger partial charge in [-0.2, -0.15) is 0 Å². The van der Waals surface area contributed by atoms with E-state index >= 15 is 0 Å². The summed E-state index contributed by atoms with van der Waals surface area (Å²) in [6.07, 6.45) is 4.22. The summed E-state index contributed by atoms with van der Waals surface area (Å²) in [5.41, 5.74) is 1.76. The van der Waals surface area contributed by atoms with E-state index in [0.29, 0.717) is 12.2 Å². The van der Waals surface area contributed by atoms with Gasteiger partial charge in [-0.3, -0.25) is 13.9 Å². The average molecular weight is 642 g/mol. The number of amides is 2. The maximum atomic E-state index is 14.4. The molecule has 1 aliphatic rings. The van der Waals surface area contributed by atoms with Crippen molar-refractivity contribution in [3.63, 3.8) is 0 Å². The van der Waals surface area contributed by atoms with Crippen molar-refractivity contribution >= 4 is 39.1 Å².